The molecule has 0 aliphatic carbocycles. The second-order valence-corrected chi connectivity index (χ2v) is 2.63. The zero-order chi connectivity index (χ0) is 10.9. The van der Waals surface area contributed by atoms with E-state index in [1.807, 2.05) is 0 Å². The van der Waals surface area contributed by atoms with Crippen LogP contribution >= 0.6 is 0 Å². The van der Waals surface area contributed by atoms with Crippen LogP contribution in [-0.2, 0) is 0 Å². The van der Waals surface area contributed by atoms with Crippen LogP contribution in [0.2, 0.25) is 0 Å². The Morgan fingerprint density at radius 2 is 2.21 bits per heavy atom. The molecule has 0 aromatic carbocycles. The molecule has 0 atom stereocenters. The number of halogens is 2. The van der Waals surface area contributed by atoms with Crippen molar-refractivity contribution in [2.75, 3.05) is 5.73 Å². The summed E-state index contributed by atoms with van der Waals surface area (Å²) in [5, 5.41) is 10.4. The van der Waals surface area contributed by atoms with Crippen LogP contribution in [0.25, 0.3) is 0 Å². The van der Waals surface area contributed by atoms with Crippen molar-refractivity contribution >= 4 is 11.5 Å². The molecule has 0 saturated carbocycles. The predicted molar refractivity (Wildman–Crippen MR) is 45.0 cm³/mol. The summed E-state index contributed by atoms with van der Waals surface area (Å²) >= 11 is 0. The molecule has 0 fully saturated rings. The van der Waals surface area contributed by atoms with Crippen LogP contribution in [0, 0.1) is 17.0 Å². The van der Waals surface area contributed by atoms with Crippen molar-refractivity contribution in [1.29, 1.82) is 0 Å². The first-order chi connectivity index (χ1) is 6.43. The molecule has 7 heteroatoms. The molecule has 76 valence electrons. The number of nitro groups is 1. The van der Waals surface area contributed by atoms with Gasteiger partial charge in [-0.3, -0.25) is 10.1 Å². The molecule has 0 amide bonds. The number of nitrogens with zero attached hydrogens (tertiary/aromatic N) is 2. The van der Waals surface area contributed by atoms with Gasteiger partial charge in [-0.15, -0.1) is 0 Å². The summed E-state index contributed by atoms with van der Waals surface area (Å²) in [6.45, 7) is 1.26. The van der Waals surface area contributed by atoms with E-state index in [-0.39, 0.29) is 11.5 Å². The topological polar surface area (TPSA) is 82.0 Å². The number of aromatic nitrogens is 1. The molecule has 0 aliphatic heterocycles. The highest BCUT2D eigenvalue weighted by atomic mass is 19.3. The summed E-state index contributed by atoms with van der Waals surface area (Å²) in [4.78, 5) is 13.1. The lowest BCUT2D eigenvalue weighted by Crippen LogP contribution is -2.03. The first-order valence-corrected chi connectivity index (χ1v) is 3.63. The number of hydrogen-bond donors (Lipinski definition) is 1. The minimum atomic E-state index is -2.93. The van der Waals surface area contributed by atoms with Crippen LogP contribution in [0.15, 0.2) is 6.07 Å². The second-order valence-electron chi connectivity index (χ2n) is 2.63. The lowest BCUT2D eigenvalue weighted by Gasteiger charge is -2.04. The third kappa shape index (κ3) is 1.76. The number of aryl methyl sites for hydroxylation is 1. The van der Waals surface area contributed by atoms with E-state index in [0.717, 1.165) is 6.07 Å². The third-order valence-electron chi connectivity index (χ3n) is 1.63. The van der Waals surface area contributed by atoms with Crippen LogP contribution in [0.3, 0.4) is 0 Å². The van der Waals surface area contributed by atoms with Crippen LogP contribution < -0.4 is 5.73 Å². The Bertz CT molecular complexity index is 381. The highest BCUT2D eigenvalue weighted by Crippen LogP contribution is 2.31. The molecule has 1 aromatic rings. The number of hydrogen-bond acceptors (Lipinski definition) is 4. The van der Waals surface area contributed by atoms with E-state index in [9.17, 15) is 18.9 Å². The number of rotatable bonds is 2. The smallest absolute Gasteiger partial charge is 0.299 e. The normalized spacial score (nSPS) is 10.6. The fraction of sp³-hybridized carbons (Fsp3) is 0.286. The van der Waals surface area contributed by atoms with Crippen molar-refractivity contribution in [2.45, 2.75) is 13.3 Å². The van der Waals surface area contributed by atoms with Gasteiger partial charge in [-0.2, -0.15) is 0 Å². The summed E-state index contributed by atoms with van der Waals surface area (Å²) in [5.74, 6) is -0.150. The number of pyridine rings is 1. The predicted octanol–water partition coefficient (Wildman–Crippen LogP) is 1.82. The van der Waals surface area contributed by atoms with Gasteiger partial charge in [0.05, 0.1) is 4.92 Å². The van der Waals surface area contributed by atoms with Crippen LogP contribution in [0.5, 0.6) is 0 Å². The first-order valence-electron chi connectivity index (χ1n) is 3.63. The molecule has 1 heterocycles. The van der Waals surface area contributed by atoms with Gasteiger partial charge in [-0.1, -0.05) is 0 Å². The van der Waals surface area contributed by atoms with Gasteiger partial charge in [0.1, 0.15) is 17.1 Å². The van der Waals surface area contributed by atoms with Gasteiger partial charge in [0.25, 0.3) is 12.1 Å². The average Bonchev–Trinajstić information content (AvgIpc) is 2.01. The largest absolute Gasteiger partial charge is 0.384 e. The maximum atomic E-state index is 12.4. The van der Waals surface area contributed by atoms with E-state index in [1.165, 1.54) is 6.92 Å². The van der Waals surface area contributed by atoms with E-state index >= 15 is 0 Å². The molecule has 5 nitrogen and oxygen atoms in total. The van der Waals surface area contributed by atoms with Crippen LogP contribution in [0.4, 0.5) is 20.3 Å². The maximum absolute atomic E-state index is 12.4. The Morgan fingerprint density at radius 3 is 2.64 bits per heavy atom. The van der Waals surface area contributed by atoms with Gasteiger partial charge < -0.3 is 5.73 Å². The van der Waals surface area contributed by atoms with Crippen molar-refractivity contribution in [2.24, 2.45) is 0 Å². The van der Waals surface area contributed by atoms with Crippen LogP contribution in [-0.4, -0.2) is 9.91 Å². The highest BCUT2D eigenvalue weighted by Gasteiger charge is 2.25. The molecule has 0 bridgehead atoms. The van der Waals surface area contributed by atoms with Gasteiger partial charge in [0.2, 0.25) is 0 Å². The minimum Gasteiger partial charge on any atom is -0.384 e. The molecule has 1 rings (SSSR count). The van der Waals surface area contributed by atoms with Gasteiger partial charge >= 0.3 is 0 Å². The van der Waals surface area contributed by atoms with Crippen LogP contribution in [0.1, 0.15) is 17.7 Å². The number of nitrogens with two attached hydrogens (primary N) is 1. The first kappa shape index (κ1) is 10.3. The van der Waals surface area contributed by atoms with Crippen molar-refractivity contribution in [3.8, 4) is 0 Å². The molecule has 14 heavy (non-hydrogen) atoms. The highest BCUT2D eigenvalue weighted by molar-refractivity contribution is 5.50. The summed E-state index contributed by atoms with van der Waals surface area (Å²) < 4.78 is 24.7. The fourth-order valence-electron chi connectivity index (χ4n) is 1.12. The van der Waals surface area contributed by atoms with E-state index in [2.05, 4.69) is 4.98 Å². The fourth-order valence-corrected chi connectivity index (χ4v) is 1.12. The van der Waals surface area contributed by atoms with E-state index in [4.69, 9.17) is 5.73 Å². The van der Waals surface area contributed by atoms with Gasteiger partial charge in [0.15, 0.2) is 0 Å². The van der Waals surface area contributed by atoms with E-state index < -0.39 is 22.6 Å². The van der Waals surface area contributed by atoms with Crippen molar-refractivity contribution in [3.63, 3.8) is 0 Å². The minimum absolute atomic E-state index is 0.106. The Hall–Kier alpha value is -1.79. The molecule has 0 radical (unpaired) electrons. The summed E-state index contributed by atoms with van der Waals surface area (Å²) in [7, 11) is 0. The molecule has 2 N–H and O–H groups in total. The molecular weight excluding hydrogens is 196 g/mol. The number of nitrogen functional groups attached to an aromatic ring is 1. The van der Waals surface area contributed by atoms with Gasteiger partial charge in [-0.05, 0) is 13.0 Å². The Morgan fingerprint density at radius 1 is 1.64 bits per heavy atom. The molecule has 1 aromatic heterocycles. The van der Waals surface area contributed by atoms with Crippen molar-refractivity contribution < 1.29 is 13.7 Å². The lowest BCUT2D eigenvalue weighted by atomic mass is 10.2. The summed E-state index contributed by atoms with van der Waals surface area (Å²) in [6, 6.07) is 0.815. The zero-order valence-corrected chi connectivity index (χ0v) is 7.20. The molecule has 0 aliphatic rings. The third-order valence-corrected chi connectivity index (χ3v) is 1.63. The van der Waals surface area contributed by atoms with Crippen molar-refractivity contribution in [1.82, 2.24) is 4.98 Å². The zero-order valence-electron chi connectivity index (χ0n) is 7.20. The Balaban J connectivity index is 3.44. The summed E-state index contributed by atoms with van der Waals surface area (Å²) in [6.07, 6.45) is -2.93. The van der Waals surface area contributed by atoms with Gasteiger partial charge in [0, 0.05) is 0 Å². The molecule has 0 unspecified atom stereocenters. The Labute approximate surface area is 77.7 Å². The quantitative estimate of drug-likeness (QED) is 0.587. The maximum Gasteiger partial charge on any atom is 0.299 e. The molecule has 0 spiro atoms. The molecule has 0 saturated heterocycles. The monoisotopic (exact) mass is 203 g/mol. The van der Waals surface area contributed by atoms with E-state index in [1.54, 1.807) is 0 Å². The average molecular weight is 203 g/mol. The SMILES string of the molecule is Cc1nc(N)cc(C(F)F)c1[N+](=O)[O-]. The van der Waals surface area contributed by atoms with Gasteiger partial charge in [-0.25, -0.2) is 13.8 Å². The standard InChI is InChI=1S/C7H7F2N3O2/c1-3-6(12(13)14)4(7(8)9)2-5(10)11-3/h2,7H,1H3,(H2,10,11). The lowest BCUT2D eigenvalue weighted by molar-refractivity contribution is -0.387. The number of anilines is 1. The van der Waals surface area contributed by atoms with Crippen molar-refractivity contribution in [3.05, 3.63) is 27.4 Å². The second kappa shape index (κ2) is 3.52. The summed E-state index contributed by atoms with van der Waals surface area (Å²) in [5.41, 5.74) is 3.73. The Kier molecular flexibility index (Phi) is 2.59. The number of alkyl halides is 2. The molecular formula is C7H7F2N3O2. The van der Waals surface area contributed by atoms with E-state index in [0.29, 0.717) is 0 Å².